The molecule has 2 atom stereocenters. The van der Waals surface area contributed by atoms with Gasteiger partial charge in [0, 0.05) is 10.0 Å². The van der Waals surface area contributed by atoms with E-state index >= 15 is 0 Å². The average Bonchev–Trinajstić information content (AvgIpc) is 3.20. The number of benzene rings is 1. The third kappa shape index (κ3) is 2.57. The molecule has 3 rings (SSSR count). The van der Waals surface area contributed by atoms with Crippen LogP contribution in [0.25, 0.3) is 0 Å². The second-order valence-electron chi connectivity index (χ2n) is 5.95. The Morgan fingerprint density at radius 3 is 2.68 bits per heavy atom. The van der Waals surface area contributed by atoms with Crippen molar-refractivity contribution in [2.45, 2.75) is 44.1 Å². The molecular formula is C15H17BrClFO. The number of aliphatic hydroxyl groups is 1. The third-order valence-corrected chi connectivity index (χ3v) is 5.85. The Morgan fingerprint density at radius 1 is 1.26 bits per heavy atom. The first kappa shape index (κ1) is 13.8. The van der Waals surface area contributed by atoms with E-state index in [1.165, 1.54) is 19.3 Å². The van der Waals surface area contributed by atoms with Crippen molar-refractivity contribution in [2.24, 2.45) is 11.8 Å². The maximum Gasteiger partial charge on any atom is 0.149 e. The fourth-order valence-corrected chi connectivity index (χ4v) is 3.87. The summed E-state index contributed by atoms with van der Waals surface area (Å²) in [5.41, 5.74) is -0.675. The van der Waals surface area contributed by atoms with E-state index < -0.39 is 11.4 Å². The molecule has 2 saturated carbocycles. The standard InChI is InChI=1S/C15H17BrClFO/c16-12-6-5-11(14(18)13(12)17)15(19)7-1-2-10(8-15)9-3-4-9/h5-6,9-10,19H,1-4,7-8H2. The van der Waals surface area contributed by atoms with Crippen LogP contribution in [-0.4, -0.2) is 5.11 Å². The van der Waals surface area contributed by atoms with Crippen molar-refractivity contribution >= 4 is 27.5 Å². The molecule has 19 heavy (non-hydrogen) atoms. The van der Waals surface area contributed by atoms with Crippen molar-refractivity contribution < 1.29 is 9.50 Å². The van der Waals surface area contributed by atoms with Gasteiger partial charge in [-0.05, 0) is 72.4 Å². The zero-order valence-corrected chi connectivity index (χ0v) is 13.0. The second-order valence-corrected chi connectivity index (χ2v) is 7.18. The lowest BCUT2D eigenvalue weighted by molar-refractivity contribution is -0.0278. The highest BCUT2D eigenvalue weighted by atomic mass is 79.9. The lowest BCUT2D eigenvalue weighted by atomic mass is 9.72. The molecule has 1 N–H and O–H groups in total. The Morgan fingerprint density at radius 2 is 2.00 bits per heavy atom. The molecule has 2 fully saturated rings. The van der Waals surface area contributed by atoms with Crippen LogP contribution in [0.1, 0.15) is 44.1 Å². The summed E-state index contributed by atoms with van der Waals surface area (Å²) in [4.78, 5) is 0. The SMILES string of the molecule is OC1(c2ccc(Br)c(Cl)c2F)CCCC(C2CC2)C1. The van der Waals surface area contributed by atoms with Crippen LogP contribution in [0.3, 0.4) is 0 Å². The molecule has 0 heterocycles. The summed E-state index contributed by atoms with van der Waals surface area (Å²) >= 11 is 9.16. The summed E-state index contributed by atoms with van der Waals surface area (Å²) in [6, 6.07) is 3.39. The summed E-state index contributed by atoms with van der Waals surface area (Å²) in [7, 11) is 0. The molecule has 0 saturated heterocycles. The fraction of sp³-hybridized carbons (Fsp3) is 0.600. The van der Waals surface area contributed by atoms with Gasteiger partial charge in [-0.2, -0.15) is 0 Å². The van der Waals surface area contributed by atoms with Gasteiger partial charge in [0.05, 0.1) is 10.6 Å². The molecule has 2 unspecified atom stereocenters. The van der Waals surface area contributed by atoms with Crippen molar-refractivity contribution in [3.8, 4) is 0 Å². The second kappa shape index (κ2) is 5.01. The smallest absolute Gasteiger partial charge is 0.149 e. The topological polar surface area (TPSA) is 20.2 Å². The van der Waals surface area contributed by atoms with E-state index in [0.29, 0.717) is 28.8 Å². The van der Waals surface area contributed by atoms with E-state index in [2.05, 4.69) is 15.9 Å². The number of hydrogen-bond donors (Lipinski definition) is 1. The van der Waals surface area contributed by atoms with Gasteiger partial charge in [0.25, 0.3) is 0 Å². The molecule has 1 aromatic carbocycles. The highest BCUT2D eigenvalue weighted by Crippen LogP contribution is 2.50. The van der Waals surface area contributed by atoms with E-state index in [4.69, 9.17) is 11.6 Å². The van der Waals surface area contributed by atoms with E-state index in [1.54, 1.807) is 12.1 Å². The summed E-state index contributed by atoms with van der Waals surface area (Å²) in [5.74, 6) is 0.816. The Kier molecular flexibility index (Phi) is 3.65. The Bertz CT molecular complexity index is 503. The maximum atomic E-state index is 14.3. The predicted molar refractivity (Wildman–Crippen MR) is 77.7 cm³/mol. The minimum atomic E-state index is -1.04. The molecule has 2 aliphatic rings. The summed E-state index contributed by atoms with van der Waals surface area (Å²) in [6.07, 6.45) is 5.97. The highest BCUT2D eigenvalue weighted by Gasteiger charge is 2.43. The lowest BCUT2D eigenvalue weighted by Crippen LogP contribution is -2.34. The number of hydrogen-bond acceptors (Lipinski definition) is 1. The van der Waals surface area contributed by atoms with Crippen LogP contribution < -0.4 is 0 Å². The van der Waals surface area contributed by atoms with E-state index in [0.717, 1.165) is 12.3 Å². The minimum absolute atomic E-state index is 0.0690. The minimum Gasteiger partial charge on any atom is -0.385 e. The van der Waals surface area contributed by atoms with E-state index in [1.807, 2.05) is 0 Å². The van der Waals surface area contributed by atoms with Crippen molar-refractivity contribution in [1.29, 1.82) is 0 Å². The quantitative estimate of drug-likeness (QED) is 0.744. The highest BCUT2D eigenvalue weighted by molar-refractivity contribution is 9.10. The Hall–Kier alpha value is -0.120. The summed E-state index contributed by atoms with van der Waals surface area (Å²) < 4.78 is 14.8. The van der Waals surface area contributed by atoms with Gasteiger partial charge >= 0.3 is 0 Å². The van der Waals surface area contributed by atoms with E-state index in [-0.39, 0.29) is 5.02 Å². The van der Waals surface area contributed by atoms with Crippen molar-refractivity contribution in [1.82, 2.24) is 0 Å². The van der Waals surface area contributed by atoms with Crippen LogP contribution in [0.4, 0.5) is 4.39 Å². The molecule has 0 aromatic heterocycles. The van der Waals surface area contributed by atoms with Gasteiger partial charge in [0.1, 0.15) is 5.82 Å². The first-order valence-electron chi connectivity index (χ1n) is 6.87. The zero-order chi connectivity index (χ0) is 13.6. The molecular weight excluding hydrogens is 331 g/mol. The van der Waals surface area contributed by atoms with Gasteiger partial charge in [-0.15, -0.1) is 0 Å². The summed E-state index contributed by atoms with van der Waals surface area (Å²) in [6.45, 7) is 0. The van der Waals surface area contributed by atoms with Gasteiger partial charge < -0.3 is 5.11 Å². The normalized spacial score (nSPS) is 31.5. The van der Waals surface area contributed by atoms with E-state index in [9.17, 15) is 9.50 Å². The van der Waals surface area contributed by atoms with Gasteiger partial charge in [-0.25, -0.2) is 4.39 Å². The largest absolute Gasteiger partial charge is 0.385 e. The average molecular weight is 348 g/mol. The third-order valence-electron chi connectivity index (χ3n) is 4.59. The number of rotatable bonds is 2. The Balaban J connectivity index is 1.93. The first-order chi connectivity index (χ1) is 9.01. The van der Waals surface area contributed by atoms with Crippen molar-refractivity contribution in [3.63, 3.8) is 0 Å². The molecule has 2 aliphatic carbocycles. The van der Waals surface area contributed by atoms with Crippen LogP contribution in [0, 0.1) is 17.7 Å². The Labute approximate surface area is 126 Å². The molecule has 0 bridgehead atoms. The fourth-order valence-electron chi connectivity index (χ4n) is 3.39. The molecule has 1 nitrogen and oxygen atoms in total. The summed E-state index contributed by atoms with van der Waals surface area (Å²) in [5, 5.41) is 10.9. The van der Waals surface area contributed by atoms with Crippen LogP contribution in [-0.2, 0) is 5.60 Å². The first-order valence-corrected chi connectivity index (χ1v) is 8.05. The van der Waals surface area contributed by atoms with Crippen LogP contribution in [0.2, 0.25) is 5.02 Å². The number of halogens is 3. The van der Waals surface area contributed by atoms with Crippen LogP contribution in [0.5, 0.6) is 0 Å². The van der Waals surface area contributed by atoms with Gasteiger partial charge in [0.2, 0.25) is 0 Å². The van der Waals surface area contributed by atoms with Gasteiger partial charge in [0.15, 0.2) is 0 Å². The van der Waals surface area contributed by atoms with Crippen molar-refractivity contribution in [3.05, 3.63) is 33.0 Å². The molecule has 0 aliphatic heterocycles. The van der Waals surface area contributed by atoms with Crippen molar-refractivity contribution in [2.75, 3.05) is 0 Å². The van der Waals surface area contributed by atoms with Gasteiger partial charge in [-0.3, -0.25) is 0 Å². The molecule has 104 valence electrons. The predicted octanol–water partition coefficient (Wildman–Crippen LogP) is 5.03. The van der Waals surface area contributed by atoms with Crippen LogP contribution >= 0.6 is 27.5 Å². The molecule has 0 radical (unpaired) electrons. The monoisotopic (exact) mass is 346 g/mol. The molecule has 1 aromatic rings. The maximum absolute atomic E-state index is 14.3. The van der Waals surface area contributed by atoms with Crippen LogP contribution in [0.15, 0.2) is 16.6 Å². The molecule has 0 amide bonds. The molecule has 4 heteroatoms. The molecule has 0 spiro atoms. The lowest BCUT2D eigenvalue weighted by Gasteiger charge is -2.37. The van der Waals surface area contributed by atoms with Gasteiger partial charge in [-0.1, -0.05) is 17.7 Å². The zero-order valence-electron chi connectivity index (χ0n) is 10.6.